The minimum Gasteiger partial charge on any atom is -0.352 e. The summed E-state index contributed by atoms with van der Waals surface area (Å²) in [5.41, 5.74) is 0.634. The third-order valence-electron chi connectivity index (χ3n) is 4.56. The van der Waals surface area contributed by atoms with Gasteiger partial charge in [0.2, 0.25) is 5.91 Å². The van der Waals surface area contributed by atoms with Crippen molar-refractivity contribution in [1.29, 1.82) is 0 Å². The molecular weight excluding hydrogens is 306 g/mol. The summed E-state index contributed by atoms with van der Waals surface area (Å²) >= 11 is 0. The highest BCUT2D eigenvalue weighted by molar-refractivity contribution is 6.09. The second-order valence-corrected chi connectivity index (χ2v) is 6.39. The predicted octanol–water partition coefficient (Wildman–Crippen LogP) is 2.07. The van der Waals surface area contributed by atoms with Crippen LogP contribution in [0.4, 0.5) is 4.79 Å². The number of benzene rings is 1. The Morgan fingerprint density at radius 2 is 1.79 bits per heavy atom. The minimum absolute atomic E-state index is 0.0572. The first-order chi connectivity index (χ1) is 11.3. The van der Waals surface area contributed by atoms with E-state index in [0.29, 0.717) is 5.56 Å². The van der Waals surface area contributed by atoms with E-state index in [1.54, 1.807) is 6.92 Å². The Labute approximate surface area is 142 Å². The molecule has 1 aliphatic heterocycles. The van der Waals surface area contributed by atoms with Gasteiger partial charge in [-0.1, -0.05) is 43.7 Å². The average Bonchev–Trinajstić information content (AvgIpc) is 2.77. The van der Waals surface area contributed by atoms with Crippen LogP contribution in [0.15, 0.2) is 24.3 Å². The molecular formula is C18H25N3O3. The van der Waals surface area contributed by atoms with Crippen molar-refractivity contribution >= 4 is 17.8 Å². The van der Waals surface area contributed by atoms with E-state index in [1.807, 2.05) is 45.0 Å². The molecule has 0 spiro atoms. The van der Waals surface area contributed by atoms with Gasteiger partial charge in [0.1, 0.15) is 12.1 Å². The highest BCUT2D eigenvalue weighted by Gasteiger charge is 2.49. The largest absolute Gasteiger partial charge is 0.352 e. The van der Waals surface area contributed by atoms with Crippen molar-refractivity contribution in [2.24, 2.45) is 0 Å². The standard InChI is InChI=1S/C18H25N3O3/c1-5-14(6-2)19-15(22)11-21-16(23)18(4,20-17(21)24)13-9-7-12(3)8-10-13/h7-10,14H,5-6,11H2,1-4H3,(H,19,22)(H,20,24)/t18-/m1/s1. The van der Waals surface area contributed by atoms with Crippen molar-refractivity contribution in [2.45, 2.75) is 52.1 Å². The minimum atomic E-state index is -1.14. The molecule has 1 aliphatic rings. The molecule has 2 N–H and O–H groups in total. The highest BCUT2D eigenvalue weighted by Crippen LogP contribution is 2.28. The Kier molecular flexibility index (Phi) is 5.26. The second-order valence-electron chi connectivity index (χ2n) is 6.39. The van der Waals surface area contributed by atoms with Crippen molar-refractivity contribution in [3.63, 3.8) is 0 Å². The molecule has 1 aromatic carbocycles. The third-order valence-corrected chi connectivity index (χ3v) is 4.56. The predicted molar refractivity (Wildman–Crippen MR) is 91.3 cm³/mol. The summed E-state index contributed by atoms with van der Waals surface area (Å²) in [6, 6.07) is 6.94. The fourth-order valence-electron chi connectivity index (χ4n) is 2.83. The van der Waals surface area contributed by atoms with E-state index in [1.165, 1.54) is 0 Å². The van der Waals surface area contributed by atoms with Gasteiger partial charge in [-0.25, -0.2) is 4.79 Å². The molecule has 1 fully saturated rings. The number of hydrogen-bond acceptors (Lipinski definition) is 3. The maximum absolute atomic E-state index is 12.7. The zero-order valence-corrected chi connectivity index (χ0v) is 14.7. The van der Waals surface area contributed by atoms with E-state index in [2.05, 4.69) is 10.6 Å². The van der Waals surface area contributed by atoms with Crippen LogP contribution in [0.25, 0.3) is 0 Å². The van der Waals surface area contributed by atoms with Crippen molar-refractivity contribution < 1.29 is 14.4 Å². The lowest BCUT2D eigenvalue weighted by Crippen LogP contribution is -2.45. The number of rotatable bonds is 6. The molecule has 0 radical (unpaired) electrons. The van der Waals surface area contributed by atoms with Crippen LogP contribution in [0.3, 0.4) is 0 Å². The molecule has 1 saturated heterocycles. The molecule has 24 heavy (non-hydrogen) atoms. The number of aryl methyl sites for hydroxylation is 1. The summed E-state index contributed by atoms with van der Waals surface area (Å²) < 4.78 is 0. The first-order valence-electron chi connectivity index (χ1n) is 8.32. The van der Waals surface area contributed by atoms with Crippen LogP contribution in [0.1, 0.15) is 44.7 Å². The summed E-state index contributed by atoms with van der Waals surface area (Å²) in [5, 5.41) is 5.56. The Morgan fingerprint density at radius 3 is 2.33 bits per heavy atom. The number of urea groups is 1. The van der Waals surface area contributed by atoms with Gasteiger partial charge in [-0.3, -0.25) is 14.5 Å². The van der Waals surface area contributed by atoms with Crippen molar-refractivity contribution in [2.75, 3.05) is 6.54 Å². The smallest absolute Gasteiger partial charge is 0.325 e. The molecule has 0 aliphatic carbocycles. The monoisotopic (exact) mass is 331 g/mol. The van der Waals surface area contributed by atoms with Crippen molar-refractivity contribution in [1.82, 2.24) is 15.5 Å². The number of amides is 4. The van der Waals surface area contributed by atoms with Crippen LogP contribution in [0.2, 0.25) is 0 Å². The van der Waals surface area contributed by atoms with Gasteiger partial charge in [-0.15, -0.1) is 0 Å². The molecule has 1 aromatic rings. The molecule has 0 bridgehead atoms. The molecule has 130 valence electrons. The zero-order chi connectivity index (χ0) is 17.9. The van der Waals surface area contributed by atoms with Gasteiger partial charge in [0.05, 0.1) is 0 Å². The molecule has 0 aromatic heterocycles. The summed E-state index contributed by atoms with van der Waals surface area (Å²) in [6.07, 6.45) is 1.62. The number of nitrogens with zero attached hydrogens (tertiary/aromatic N) is 1. The van der Waals surface area contributed by atoms with Crippen LogP contribution in [-0.4, -0.2) is 35.3 Å². The van der Waals surface area contributed by atoms with Gasteiger partial charge in [-0.05, 0) is 32.3 Å². The second kappa shape index (κ2) is 7.03. The topological polar surface area (TPSA) is 78.5 Å². The normalized spacial score (nSPS) is 20.5. The highest BCUT2D eigenvalue weighted by atomic mass is 16.2. The van der Waals surface area contributed by atoms with Crippen LogP contribution < -0.4 is 10.6 Å². The van der Waals surface area contributed by atoms with Gasteiger partial charge < -0.3 is 10.6 Å². The summed E-state index contributed by atoms with van der Waals surface area (Å²) in [6.45, 7) is 7.32. The van der Waals surface area contributed by atoms with E-state index in [4.69, 9.17) is 0 Å². The van der Waals surface area contributed by atoms with Gasteiger partial charge in [0.15, 0.2) is 0 Å². The lowest BCUT2D eigenvalue weighted by molar-refractivity contribution is -0.135. The molecule has 1 heterocycles. The van der Waals surface area contributed by atoms with E-state index in [0.717, 1.165) is 23.3 Å². The first-order valence-corrected chi connectivity index (χ1v) is 8.32. The Morgan fingerprint density at radius 1 is 1.21 bits per heavy atom. The average molecular weight is 331 g/mol. The fourth-order valence-corrected chi connectivity index (χ4v) is 2.83. The number of hydrogen-bond donors (Lipinski definition) is 2. The van der Waals surface area contributed by atoms with E-state index in [9.17, 15) is 14.4 Å². The molecule has 2 rings (SSSR count). The summed E-state index contributed by atoms with van der Waals surface area (Å²) in [4.78, 5) is 38.1. The molecule has 6 nitrogen and oxygen atoms in total. The van der Waals surface area contributed by atoms with Crippen LogP contribution in [-0.2, 0) is 15.1 Å². The van der Waals surface area contributed by atoms with E-state index in [-0.39, 0.29) is 18.5 Å². The molecule has 1 atom stereocenters. The van der Waals surface area contributed by atoms with E-state index < -0.39 is 17.5 Å². The maximum atomic E-state index is 12.7. The van der Waals surface area contributed by atoms with Crippen LogP contribution >= 0.6 is 0 Å². The number of imide groups is 1. The Hall–Kier alpha value is -2.37. The molecule has 0 saturated carbocycles. The number of carbonyl (C=O) groups is 3. The quantitative estimate of drug-likeness (QED) is 0.783. The first kappa shape index (κ1) is 18.0. The zero-order valence-electron chi connectivity index (χ0n) is 14.7. The van der Waals surface area contributed by atoms with Crippen LogP contribution in [0.5, 0.6) is 0 Å². The number of carbonyl (C=O) groups excluding carboxylic acids is 3. The molecule has 4 amide bonds. The van der Waals surface area contributed by atoms with E-state index >= 15 is 0 Å². The SMILES string of the molecule is CCC(CC)NC(=O)CN1C(=O)N[C@](C)(c2ccc(C)cc2)C1=O. The maximum Gasteiger partial charge on any atom is 0.325 e. The lowest BCUT2D eigenvalue weighted by atomic mass is 9.91. The summed E-state index contributed by atoms with van der Waals surface area (Å²) in [7, 11) is 0. The Balaban J connectivity index is 2.14. The molecule has 6 heteroatoms. The van der Waals surface area contributed by atoms with Gasteiger partial charge >= 0.3 is 6.03 Å². The summed E-state index contributed by atoms with van der Waals surface area (Å²) in [5.74, 6) is -0.726. The van der Waals surface area contributed by atoms with Crippen LogP contribution in [0, 0.1) is 6.92 Å². The Bertz CT molecular complexity index is 637. The molecule has 0 unspecified atom stereocenters. The fraction of sp³-hybridized carbons (Fsp3) is 0.500. The van der Waals surface area contributed by atoms with Gasteiger partial charge in [0.25, 0.3) is 5.91 Å². The van der Waals surface area contributed by atoms with Crippen molar-refractivity contribution in [3.8, 4) is 0 Å². The van der Waals surface area contributed by atoms with Gasteiger partial charge in [-0.2, -0.15) is 0 Å². The van der Waals surface area contributed by atoms with Crippen molar-refractivity contribution in [3.05, 3.63) is 35.4 Å². The number of nitrogens with one attached hydrogen (secondary N) is 2. The lowest BCUT2D eigenvalue weighted by Gasteiger charge is -2.22. The van der Waals surface area contributed by atoms with Gasteiger partial charge in [0, 0.05) is 6.04 Å². The third kappa shape index (κ3) is 3.42.